The largest absolute Gasteiger partial charge is 0.478 e. The lowest BCUT2D eigenvalue weighted by Gasteiger charge is -2.23. The van der Waals surface area contributed by atoms with E-state index in [9.17, 15) is 9.90 Å². The van der Waals surface area contributed by atoms with E-state index in [1.54, 1.807) is 11.3 Å². The van der Waals surface area contributed by atoms with Crippen LogP contribution in [0.4, 0.5) is 5.82 Å². The van der Waals surface area contributed by atoms with Gasteiger partial charge in [-0.15, -0.1) is 11.3 Å². The number of pyridine rings is 1. The summed E-state index contributed by atoms with van der Waals surface area (Å²) in [5.74, 6) is -0.319. The first kappa shape index (κ1) is 14.1. The van der Waals surface area contributed by atoms with Crippen molar-refractivity contribution in [3.63, 3.8) is 0 Å². The molecule has 0 amide bonds. The van der Waals surface area contributed by atoms with Gasteiger partial charge in [0.25, 0.3) is 0 Å². The van der Waals surface area contributed by atoms with Crippen LogP contribution in [-0.2, 0) is 19.4 Å². The fraction of sp³-hybridized carbons (Fsp3) is 0.375. The molecule has 0 saturated heterocycles. The summed E-state index contributed by atoms with van der Waals surface area (Å²) < 4.78 is 0. The van der Waals surface area contributed by atoms with E-state index in [-0.39, 0.29) is 0 Å². The first-order chi connectivity index (χ1) is 10.1. The smallest absolute Gasteiger partial charge is 0.339 e. The van der Waals surface area contributed by atoms with E-state index in [0.717, 1.165) is 36.9 Å². The Balaban J connectivity index is 1.97. The van der Waals surface area contributed by atoms with E-state index in [0.29, 0.717) is 17.9 Å². The van der Waals surface area contributed by atoms with E-state index in [1.165, 1.54) is 4.88 Å². The number of rotatable bonds is 4. The van der Waals surface area contributed by atoms with Crippen molar-refractivity contribution >= 4 is 23.1 Å². The number of hydrogen-bond donors (Lipinski definition) is 1. The van der Waals surface area contributed by atoms with Crippen molar-refractivity contribution in [2.24, 2.45) is 0 Å². The van der Waals surface area contributed by atoms with Crippen molar-refractivity contribution in [1.82, 2.24) is 4.98 Å². The molecule has 21 heavy (non-hydrogen) atoms. The maximum Gasteiger partial charge on any atom is 0.339 e. The Bertz CT molecular complexity index is 653. The van der Waals surface area contributed by atoms with Gasteiger partial charge < -0.3 is 10.0 Å². The van der Waals surface area contributed by atoms with Gasteiger partial charge in [0.05, 0.1) is 6.54 Å². The fourth-order valence-electron chi connectivity index (χ4n) is 2.78. The van der Waals surface area contributed by atoms with Gasteiger partial charge in [-0.2, -0.15) is 0 Å². The second-order valence-electron chi connectivity index (χ2n) is 5.41. The van der Waals surface area contributed by atoms with Gasteiger partial charge in [-0.25, -0.2) is 9.78 Å². The number of nitrogens with zero attached hydrogens (tertiary/aromatic N) is 2. The Morgan fingerprint density at radius 3 is 2.95 bits per heavy atom. The molecule has 3 rings (SSSR count). The molecule has 0 saturated carbocycles. The number of aryl methyl sites for hydroxylation is 2. The number of carbonyl (C=O) groups is 1. The van der Waals surface area contributed by atoms with E-state index in [1.807, 2.05) is 29.5 Å². The van der Waals surface area contributed by atoms with Crippen LogP contribution < -0.4 is 4.90 Å². The highest BCUT2D eigenvalue weighted by Gasteiger charge is 2.21. The summed E-state index contributed by atoms with van der Waals surface area (Å²) in [5.41, 5.74) is 2.49. The van der Waals surface area contributed by atoms with Gasteiger partial charge in [-0.05, 0) is 48.8 Å². The zero-order valence-corrected chi connectivity index (χ0v) is 12.8. The second-order valence-corrected chi connectivity index (χ2v) is 6.45. The van der Waals surface area contributed by atoms with Gasteiger partial charge in [0, 0.05) is 17.6 Å². The van der Waals surface area contributed by atoms with Crippen LogP contribution in [0.1, 0.15) is 39.3 Å². The highest BCUT2D eigenvalue weighted by molar-refractivity contribution is 7.09. The molecule has 0 aliphatic heterocycles. The van der Waals surface area contributed by atoms with E-state index in [2.05, 4.69) is 11.1 Å². The third kappa shape index (κ3) is 2.93. The molecule has 1 N–H and O–H groups in total. The van der Waals surface area contributed by atoms with Crippen molar-refractivity contribution < 1.29 is 9.90 Å². The maximum atomic E-state index is 11.6. The summed E-state index contributed by atoms with van der Waals surface area (Å²) >= 11 is 1.67. The van der Waals surface area contributed by atoms with Crippen molar-refractivity contribution in [3.8, 4) is 0 Å². The molecule has 0 atom stereocenters. The molecular weight excluding hydrogens is 284 g/mol. The molecular formula is C16H18N2O2S. The summed E-state index contributed by atoms with van der Waals surface area (Å²) in [6, 6.07) is 5.89. The molecule has 0 bridgehead atoms. The normalized spacial score (nSPS) is 13.8. The Kier molecular flexibility index (Phi) is 3.92. The SMILES string of the molecule is CN(Cc1cccs1)c1nc2c(cc1C(=O)O)CCCC2. The van der Waals surface area contributed by atoms with E-state index >= 15 is 0 Å². The molecule has 0 aromatic carbocycles. The van der Waals surface area contributed by atoms with Crippen molar-refractivity contribution in [2.75, 3.05) is 11.9 Å². The molecule has 110 valence electrons. The highest BCUT2D eigenvalue weighted by Crippen LogP contribution is 2.27. The number of aromatic nitrogens is 1. The average Bonchev–Trinajstić information content (AvgIpc) is 2.98. The van der Waals surface area contributed by atoms with Crippen molar-refractivity contribution in [3.05, 3.63) is 45.3 Å². The quantitative estimate of drug-likeness (QED) is 0.941. The Labute approximate surface area is 128 Å². The van der Waals surface area contributed by atoms with E-state index < -0.39 is 5.97 Å². The Morgan fingerprint density at radius 2 is 2.24 bits per heavy atom. The number of thiophene rings is 1. The molecule has 2 aromatic rings. The third-order valence-corrected chi connectivity index (χ3v) is 4.71. The molecule has 4 nitrogen and oxygen atoms in total. The van der Waals surface area contributed by atoms with Gasteiger partial charge in [-0.3, -0.25) is 0 Å². The standard InChI is InChI=1S/C16H18N2O2S/c1-18(10-12-6-4-8-21-12)15-13(16(19)20)9-11-5-2-3-7-14(11)17-15/h4,6,8-9H,2-3,5,7,10H2,1H3,(H,19,20). The zero-order chi connectivity index (χ0) is 14.8. The minimum absolute atomic E-state index is 0.315. The molecule has 5 heteroatoms. The number of anilines is 1. The first-order valence-electron chi connectivity index (χ1n) is 7.15. The van der Waals surface area contributed by atoms with Crippen LogP contribution in [0, 0.1) is 0 Å². The summed E-state index contributed by atoms with van der Waals surface area (Å²) in [6.07, 6.45) is 4.16. The Morgan fingerprint density at radius 1 is 1.43 bits per heavy atom. The number of carboxylic acids is 1. The molecule has 0 radical (unpaired) electrons. The maximum absolute atomic E-state index is 11.6. The molecule has 2 heterocycles. The monoisotopic (exact) mass is 302 g/mol. The lowest BCUT2D eigenvalue weighted by Crippen LogP contribution is -2.22. The molecule has 0 unspecified atom stereocenters. The minimum atomic E-state index is -0.899. The number of carboxylic acid groups (broad SMARTS) is 1. The van der Waals surface area contributed by atoms with Gasteiger partial charge >= 0.3 is 5.97 Å². The molecule has 1 aliphatic carbocycles. The lowest BCUT2D eigenvalue weighted by molar-refractivity contribution is 0.0697. The number of aromatic carboxylic acids is 1. The van der Waals surface area contributed by atoms with Crippen LogP contribution in [0.3, 0.4) is 0 Å². The molecule has 1 aliphatic rings. The molecule has 0 fully saturated rings. The summed E-state index contributed by atoms with van der Waals surface area (Å²) in [6.45, 7) is 0.684. The van der Waals surface area contributed by atoms with Crippen LogP contribution in [-0.4, -0.2) is 23.1 Å². The van der Waals surface area contributed by atoms with Crippen molar-refractivity contribution in [2.45, 2.75) is 32.2 Å². The average molecular weight is 302 g/mol. The second kappa shape index (κ2) is 5.85. The van der Waals surface area contributed by atoms with Crippen molar-refractivity contribution in [1.29, 1.82) is 0 Å². The van der Waals surface area contributed by atoms with Crippen LogP contribution in [0.2, 0.25) is 0 Å². The summed E-state index contributed by atoms with van der Waals surface area (Å²) in [5, 5.41) is 11.5. The summed E-state index contributed by atoms with van der Waals surface area (Å²) in [7, 11) is 1.91. The highest BCUT2D eigenvalue weighted by atomic mass is 32.1. The topological polar surface area (TPSA) is 53.4 Å². The molecule has 0 spiro atoms. The minimum Gasteiger partial charge on any atom is -0.478 e. The van der Waals surface area contributed by atoms with Gasteiger partial charge in [0.1, 0.15) is 11.4 Å². The first-order valence-corrected chi connectivity index (χ1v) is 8.02. The number of hydrogen-bond acceptors (Lipinski definition) is 4. The van der Waals surface area contributed by atoms with Crippen LogP contribution in [0.5, 0.6) is 0 Å². The van der Waals surface area contributed by atoms with Gasteiger partial charge in [0.15, 0.2) is 0 Å². The predicted octanol–water partition coefficient (Wildman–Crippen LogP) is 3.36. The zero-order valence-electron chi connectivity index (χ0n) is 12.0. The molecule has 2 aromatic heterocycles. The lowest BCUT2D eigenvalue weighted by atomic mass is 9.94. The van der Waals surface area contributed by atoms with Crippen LogP contribution in [0.15, 0.2) is 23.6 Å². The van der Waals surface area contributed by atoms with Crippen LogP contribution >= 0.6 is 11.3 Å². The Hall–Kier alpha value is -1.88. The fourth-order valence-corrected chi connectivity index (χ4v) is 3.54. The van der Waals surface area contributed by atoms with Gasteiger partial charge in [0.2, 0.25) is 0 Å². The van der Waals surface area contributed by atoms with Gasteiger partial charge in [-0.1, -0.05) is 6.07 Å². The van der Waals surface area contributed by atoms with E-state index in [4.69, 9.17) is 0 Å². The number of fused-ring (bicyclic) bond motifs is 1. The third-order valence-electron chi connectivity index (χ3n) is 3.85. The van der Waals surface area contributed by atoms with Crippen LogP contribution in [0.25, 0.3) is 0 Å². The summed E-state index contributed by atoms with van der Waals surface area (Å²) in [4.78, 5) is 19.4. The predicted molar refractivity (Wildman–Crippen MR) is 84.3 cm³/mol.